The number of fused-ring (bicyclic) bond motifs is 1. The molecule has 0 spiro atoms. The van der Waals surface area contributed by atoms with Crippen LogP contribution in [0.1, 0.15) is 36.5 Å². The maximum absolute atomic E-state index is 5.20. The molecule has 2 aromatic carbocycles. The number of ether oxygens (including phenoxy) is 1. The van der Waals surface area contributed by atoms with Crippen molar-refractivity contribution in [3.63, 3.8) is 0 Å². The Morgan fingerprint density at radius 2 is 1.82 bits per heavy atom. The lowest BCUT2D eigenvalue weighted by Crippen LogP contribution is -2.16. The Morgan fingerprint density at radius 1 is 1.05 bits per heavy atom. The van der Waals surface area contributed by atoms with Gasteiger partial charge in [-0.05, 0) is 80.0 Å². The first-order chi connectivity index (χ1) is 10.7. The van der Waals surface area contributed by atoms with Gasteiger partial charge in [0.05, 0.1) is 7.11 Å². The minimum atomic E-state index is 0.474. The topological polar surface area (TPSA) is 21.3 Å². The van der Waals surface area contributed by atoms with E-state index in [4.69, 9.17) is 4.74 Å². The highest BCUT2D eigenvalue weighted by atomic mass is 16.5. The summed E-state index contributed by atoms with van der Waals surface area (Å²) < 4.78 is 5.20. The van der Waals surface area contributed by atoms with E-state index in [2.05, 4.69) is 42.6 Å². The second-order valence-electron chi connectivity index (χ2n) is 6.27. The molecular formula is C20H25NO. The number of aryl methyl sites for hydroxylation is 3. The lowest BCUT2D eigenvalue weighted by Gasteiger charge is -2.16. The first kappa shape index (κ1) is 15.0. The quantitative estimate of drug-likeness (QED) is 0.840. The predicted molar refractivity (Wildman–Crippen MR) is 92.9 cm³/mol. The minimum Gasteiger partial charge on any atom is -0.497 e. The molecule has 2 aromatic rings. The largest absolute Gasteiger partial charge is 0.497 e. The van der Waals surface area contributed by atoms with E-state index < -0.39 is 0 Å². The second-order valence-corrected chi connectivity index (χ2v) is 6.27. The van der Waals surface area contributed by atoms with Crippen molar-refractivity contribution in [2.75, 3.05) is 12.4 Å². The number of rotatable bonds is 6. The standard InChI is InChI=1S/C20H25NO/c1-15(6-7-16-8-12-20(22-2)13-9-16)21-19-11-10-17-4-3-5-18(17)14-19/h8-15,21H,3-7H2,1-2H3/t15-/m0/s1. The first-order valence-electron chi connectivity index (χ1n) is 8.26. The van der Waals surface area contributed by atoms with Gasteiger partial charge in [0.2, 0.25) is 0 Å². The van der Waals surface area contributed by atoms with Gasteiger partial charge in [0.15, 0.2) is 0 Å². The number of benzene rings is 2. The summed E-state index contributed by atoms with van der Waals surface area (Å²) in [6.45, 7) is 2.26. The number of nitrogens with one attached hydrogen (secondary N) is 1. The molecule has 2 nitrogen and oxygen atoms in total. The molecule has 0 fully saturated rings. The molecule has 0 aromatic heterocycles. The monoisotopic (exact) mass is 295 g/mol. The van der Waals surface area contributed by atoms with E-state index >= 15 is 0 Å². The number of methoxy groups -OCH3 is 1. The van der Waals surface area contributed by atoms with Crippen LogP contribution in [-0.4, -0.2) is 13.2 Å². The normalized spacial score (nSPS) is 14.5. The van der Waals surface area contributed by atoms with Gasteiger partial charge >= 0.3 is 0 Å². The molecule has 1 N–H and O–H groups in total. The SMILES string of the molecule is COc1ccc(CC[C@H](C)Nc2ccc3c(c2)CCC3)cc1. The first-order valence-corrected chi connectivity index (χ1v) is 8.26. The zero-order valence-electron chi connectivity index (χ0n) is 13.6. The predicted octanol–water partition coefficient (Wildman–Crippen LogP) is 4.62. The average molecular weight is 295 g/mol. The molecule has 1 aliphatic carbocycles. The molecule has 1 aliphatic rings. The third-order valence-corrected chi connectivity index (χ3v) is 4.54. The molecule has 0 amide bonds. The van der Waals surface area contributed by atoms with E-state index in [0.717, 1.165) is 18.6 Å². The molecule has 0 heterocycles. The fraction of sp³-hybridized carbons (Fsp3) is 0.400. The van der Waals surface area contributed by atoms with Crippen molar-refractivity contribution in [2.45, 2.75) is 45.1 Å². The zero-order chi connectivity index (χ0) is 15.4. The van der Waals surface area contributed by atoms with Crippen molar-refractivity contribution in [3.05, 3.63) is 59.2 Å². The van der Waals surface area contributed by atoms with E-state index in [1.165, 1.54) is 41.6 Å². The van der Waals surface area contributed by atoms with Crippen molar-refractivity contribution in [1.82, 2.24) is 0 Å². The Hall–Kier alpha value is -1.96. The Labute approximate surface area is 133 Å². The summed E-state index contributed by atoms with van der Waals surface area (Å²) in [5.74, 6) is 0.924. The summed E-state index contributed by atoms with van der Waals surface area (Å²) >= 11 is 0. The van der Waals surface area contributed by atoms with Crippen molar-refractivity contribution >= 4 is 5.69 Å². The Kier molecular flexibility index (Phi) is 4.67. The fourth-order valence-corrected chi connectivity index (χ4v) is 3.19. The lowest BCUT2D eigenvalue weighted by atomic mass is 10.0. The van der Waals surface area contributed by atoms with E-state index in [1.807, 2.05) is 12.1 Å². The Bertz CT molecular complexity index is 618. The smallest absolute Gasteiger partial charge is 0.118 e. The van der Waals surface area contributed by atoms with Crippen LogP contribution in [0.5, 0.6) is 5.75 Å². The van der Waals surface area contributed by atoms with Crippen LogP contribution in [0, 0.1) is 0 Å². The van der Waals surface area contributed by atoms with Crippen LogP contribution in [0.3, 0.4) is 0 Å². The van der Waals surface area contributed by atoms with Crippen molar-refractivity contribution in [2.24, 2.45) is 0 Å². The number of hydrogen-bond donors (Lipinski definition) is 1. The lowest BCUT2D eigenvalue weighted by molar-refractivity contribution is 0.414. The molecule has 0 unspecified atom stereocenters. The summed E-state index contributed by atoms with van der Waals surface area (Å²) in [6, 6.07) is 15.7. The Morgan fingerprint density at radius 3 is 2.59 bits per heavy atom. The summed E-state index contributed by atoms with van der Waals surface area (Å²) in [7, 11) is 1.71. The molecular weight excluding hydrogens is 270 g/mol. The van der Waals surface area contributed by atoms with Gasteiger partial charge in [-0.2, -0.15) is 0 Å². The maximum Gasteiger partial charge on any atom is 0.118 e. The Balaban J connectivity index is 1.52. The van der Waals surface area contributed by atoms with Gasteiger partial charge in [-0.1, -0.05) is 18.2 Å². The highest BCUT2D eigenvalue weighted by Gasteiger charge is 2.11. The van der Waals surface area contributed by atoms with E-state index in [9.17, 15) is 0 Å². The van der Waals surface area contributed by atoms with Gasteiger partial charge in [-0.3, -0.25) is 0 Å². The summed E-state index contributed by atoms with van der Waals surface area (Å²) in [4.78, 5) is 0. The number of hydrogen-bond acceptors (Lipinski definition) is 2. The molecule has 22 heavy (non-hydrogen) atoms. The fourth-order valence-electron chi connectivity index (χ4n) is 3.19. The van der Waals surface area contributed by atoms with E-state index in [-0.39, 0.29) is 0 Å². The zero-order valence-corrected chi connectivity index (χ0v) is 13.6. The highest BCUT2D eigenvalue weighted by Crippen LogP contribution is 2.25. The molecule has 0 aliphatic heterocycles. The van der Waals surface area contributed by atoms with Crippen LogP contribution in [0.25, 0.3) is 0 Å². The van der Waals surface area contributed by atoms with Gasteiger partial charge < -0.3 is 10.1 Å². The third kappa shape index (κ3) is 3.62. The van der Waals surface area contributed by atoms with Crippen LogP contribution in [0.2, 0.25) is 0 Å². The molecule has 116 valence electrons. The van der Waals surface area contributed by atoms with Crippen molar-refractivity contribution in [1.29, 1.82) is 0 Å². The molecule has 3 rings (SSSR count). The molecule has 0 saturated heterocycles. The molecule has 1 atom stereocenters. The van der Waals surface area contributed by atoms with Crippen LogP contribution < -0.4 is 10.1 Å². The summed E-state index contributed by atoms with van der Waals surface area (Å²) in [6.07, 6.45) is 6.02. The van der Waals surface area contributed by atoms with Crippen LogP contribution in [0.4, 0.5) is 5.69 Å². The average Bonchev–Trinajstić information content (AvgIpc) is 3.01. The molecule has 0 saturated carbocycles. The van der Waals surface area contributed by atoms with E-state index in [0.29, 0.717) is 6.04 Å². The minimum absolute atomic E-state index is 0.474. The van der Waals surface area contributed by atoms with Gasteiger partial charge in [0.1, 0.15) is 5.75 Å². The molecule has 0 radical (unpaired) electrons. The third-order valence-electron chi connectivity index (χ3n) is 4.54. The van der Waals surface area contributed by atoms with Crippen LogP contribution >= 0.6 is 0 Å². The van der Waals surface area contributed by atoms with Gasteiger partial charge in [0.25, 0.3) is 0 Å². The second kappa shape index (κ2) is 6.87. The maximum atomic E-state index is 5.20. The van der Waals surface area contributed by atoms with Gasteiger partial charge in [-0.15, -0.1) is 0 Å². The van der Waals surface area contributed by atoms with Crippen molar-refractivity contribution in [3.8, 4) is 5.75 Å². The van der Waals surface area contributed by atoms with E-state index in [1.54, 1.807) is 7.11 Å². The summed E-state index contributed by atoms with van der Waals surface area (Å²) in [5.41, 5.74) is 5.70. The van der Waals surface area contributed by atoms with Crippen LogP contribution in [-0.2, 0) is 19.3 Å². The van der Waals surface area contributed by atoms with Crippen molar-refractivity contribution < 1.29 is 4.74 Å². The number of anilines is 1. The van der Waals surface area contributed by atoms with Gasteiger partial charge in [-0.25, -0.2) is 0 Å². The molecule has 2 heteroatoms. The van der Waals surface area contributed by atoms with Gasteiger partial charge in [0, 0.05) is 11.7 Å². The van der Waals surface area contributed by atoms with Crippen LogP contribution in [0.15, 0.2) is 42.5 Å². The summed E-state index contributed by atoms with van der Waals surface area (Å²) in [5, 5.41) is 3.64. The highest BCUT2D eigenvalue weighted by molar-refractivity contribution is 5.50. The molecule has 0 bridgehead atoms.